The third-order valence-corrected chi connectivity index (χ3v) is 7.86. The zero-order valence-electron chi connectivity index (χ0n) is 23.7. The summed E-state index contributed by atoms with van der Waals surface area (Å²) in [5.74, 6) is -0.0289. The zero-order chi connectivity index (χ0) is 25.8. The van der Waals surface area contributed by atoms with Crippen LogP contribution < -0.4 is 0 Å². The number of unbranched alkanes of at least 4 members (excludes halogenated alkanes) is 18. The molecule has 0 aliphatic heterocycles. The van der Waals surface area contributed by atoms with E-state index in [9.17, 15) is 9.59 Å². The van der Waals surface area contributed by atoms with Gasteiger partial charge in [-0.25, -0.2) is 0 Å². The number of aryl methyl sites for hydroxylation is 2. The van der Waals surface area contributed by atoms with Crippen LogP contribution in [0.5, 0.6) is 0 Å². The molecule has 0 bridgehead atoms. The lowest BCUT2D eigenvalue weighted by Gasteiger charge is -2.16. The van der Waals surface area contributed by atoms with Crippen LogP contribution in [-0.4, -0.2) is 11.6 Å². The maximum atomic E-state index is 12.4. The number of hydrogen-bond acceptors (Lipinski definition) is 2. The van der Waals surface area contributed by atoms with E-state index in [-0.39, 0.29) is 11.6 Å². The van der Waals surface area contributed by atoms with Crippen molar-refractivity contribution in [1.29, 1.82) is 0 Å². The Balaban J connectivity index is 1.77. The first-order chi connectivity index (χ1) is 17.7. The first-order valence-electron chi connectivity index (χ1n) is 15.6. The highest BCUT2D eigenvalue weighted by molar-refractivity contribution is 6.22. The van der Waals surface area contributed by atoms with E-state index in [0.29, 0.717) is 11.1 Å². The molecule has 0 fully saturated rings. The number of benzene rings is 1. The fraction of sp³-hybridized carbons (Fsp3) is 0.706. The van der Waals surface area contributed by atoms with Crippen LogP contribution in [0.25, 0.3) is 0 Å². The Bertz CT molecular complexity index is 724. The van der Waals surface area contributed by atoms with Crippen molar-refractivity contribution in [2.24, 2.45) is 0 Å². The van der Waals surface area contributed by atoms with Gasteiger partial charge in [-0.15, -0.1) is 0 Å². The predicted molar refractivity (Wildman–Crippen MR) is 155 cm³/mol. The Kier molecular flexibility index (Phi) is 16.5. The quantitative estimate of drug-likeness (QED) is 0.150. The molecule has 0 atom stereocenters. The van der Waals surface area contributed by atoms with Crippen molar-refractivity contribution in [1.82, 2.24) is 0 Å². The van der Waals surface area contributed by atoms with Crippen LogP contribution in [0, 0.1) is 0 Å². The summed E-state index contributed by atoms with van der Waals surface area (Å²) >= 11 is 0. The van der Waals surface area contributed by atoms with E-state index in [2.05, 4.69) is 26.0 Å². The summed E-state index contributed by atoms with van der Waals surface area (Å²) in [6, 6.07) is 4.11. The first-order valence-corrected chi connectivity index (χ1v) is 15.6. The molecule has 2 nitrogen and oxygen atoms in total. The average Bonchev–Trinajstić information content (AvgIpc) is 2.88. The van der Waals surface area contributed by atoms with Gasteiger partial charge in [-0.05, 0) is 61.1 Å². The summed E-state index contributed by atoms with van der Waals surface area (Å²) in [7, 11) is 0. The Morgan fingerprint density at radius 2 is 0.694 bits per heavy atom. The average molecular weight is 495 g/mol. The number of carbonyl (C=O) groups excluding carboxylic acids is 2. The van der Waals surface area contributed by atoms with Crippen molar-refractivity contribution in [2.45, 2.75) is 155 Å². The Morgan fingerprint density at radius 3 is 1.00 bits per heavy atom. The molecule has 0 unspecified atom stereocenters. The molecule has 0 spiro atoms. The van der Waals surface area contributed by atoms with Crippen molar-refractivity contribution in [3.05, 3.63) is 46.5 Å². The molecule has 202 valence electrons. The molecule has 1 aliphatic rings. The molecule has 2 heteroatoms. The molecule has 1 aromatic carbocycles. The third-order valence-electron chi connectivity index (χ3n) is 7.86. The van der Waals surface area contributed by atoms with E-state index < -0.39 is 0 Å². The maximum absolute atomic E-state index is 12.4. The Hall–Kier alpha value is -1.70. The van der Waals surface area contributed by atoms with E-state index in [1.807, 2.05) is 0 Å². The summed E-state index contributed by atoms with van der Waals surface area (Å²) in [6.45, 7) is 4.55. The van der Waals surface area contributed by atoms with Crippen molar-refractivity contribution >= 4 is 11.6 Å². The fourth-order valence-electron chi connectivity index (χ4n) is 5.50. The molecule has 0 aromatic heterocycles. The fourth-order valence-corrected chi connectivity index (χ4v) is 5.50. The molecular formula is C34H54O2. The highest BCUT2D eigenvalue weighted by Gasteiger charge is 2.21. The highest BCUT2D eigenvalue weighted by atomic mass is 16.1. The summed E-state index contributed by atoms with van der Waals surface area (Å²) in [6.07, 6.45) is 31.6. The molecule has 0 amide bonds. The Morgan fingerprint density at radius 1 is 0.417 bits per heavy atom. The Labute approximate surface area is 222 Å². The normalized spacial score (nSPS) is 12.9. The summed E-state index contributed by atoms with van der Waals surface area (Å²) in [4.78, 5) is 24.9. The van der Waals surface area contributed by atoms with Crippen LogP contribution in [0.4, 0.5) is 0 Å². The minimum atomic E-state index is -0.0144. The van der Waals surface area contributed by atoms with Crippen molar-refractivity contribution in [2.75, 3.05) is 0 Å². The van der Waals surface area contributed by atoms with E-state index in [4.69, 9.17) is 0 Å². The number of ketones is 2. The van der Waals surface area contributed by atoms with Gasteiger partial charge < -0.3 is 0 Å². The molecule has 1 aromatic rings. The highest BCUT2D eigenvalue weighted by Crippen LogP contribution is 2.26. The minimum absolute atomic E-state index is 0.0144. The second-order valence-electron chi connectivity index (χ2n) is 11.1. The monoisotopic (exact) mass is 494 g/mol. The van der Waals surface area contributed by atoms with Crippen molar-refractivity contribution in [3.8, 4) is 0 Å². The standard InChI is InChI=1S/C34H54O2/c1-3-5-7-9-11-13-15-17-19-21-23-29-27-31-32(34(36)26-25-33(31)35)28-30(29)24-22-20-18-16-14-12-10-8-6-4-2/h25-28H,3-24H2,1-2H3. The topological polar surface area (TPSA) is 34.1 Å². The number of carbonyl (C=O) groups is 2. The van der Waals surface area contributed by atoms with E-state index in [1.165, 1.54) is 152 Å². The van der Waals surface area contributed by atoms with Crippen molar-refractivity contribution < 1.29 is 9.59 Å². The molecule has 0 heterocycles. The van der Waals surface area contributed by atoms with Gasteiger partial charge in [-0.1, -0.05) is 129 Å². The van der Waals surface area contributed by atoms with Gasteiger partial charge in [0.15, 0.2) is 11.6 Å². The molecule has 0 saturated heterocycles. The second kappa shape index (κ2) is 19.4. The smallest absolute Gasteiger partial charge is 0.186 e. The van der Waals surface area contributed by atoms with Crippen LogP contribution in [0.1, 0.15) is 174 Å². The lowest BCUT2D eigenvalue weighted by Crippen LogP contribution is -2.14. The molecule has 0 radical (unpaired) electrons. The molecule has 0 N–H and O–H groups in total. The molecule has 36 heavy (non-hydrogen) atoms. The first kappa shape index (κ1) is 30.5. The van der Waals surface area contributed by atoms with Crippen LogP contribution in [-0.2, 0) is 12.8 Å². The van der Waals surface area contributed by atoms with Gasteiger partial charge in [-0.3, -0.25) is 9.59 Å². The lowest BCUT2D eigenvalue weighted by atomic mass is 9.87. The van der Waals surface area contributed by atoms with E-state index >= 15 is 0 Å². The number of hydrogen-bond donors (Lipinski definition) is 0. The SMILES string of the molecule is CCCCCCCCCCCCc1cc2c(cc1CCCCCCCCCCCC)C(=O)C=CC2=O. The van der Waals surface area contributed by atoms with E-state index in [1.54, 1.807) is 0 Å². The number of rotatable bonds is 22. The molecule has 2 rings (SSSR count). The zero-order valence-corrected chi connectivity index (χ0v) is 23.7. The van der Waals surface area contributed by atoms with Gasteiger partial charge >= 0.3 is 0 Å². The van der Waals surface area contributed by atoms with Gasteiger partial charge in [-0.2, -0.15) is 0 Å². The van der Waals surface area contributed by atoms with E-state index in [0.717, 1.165) is 12.8 Å². The van der Waals surface area contributed by atoms with Gasteiger partial charge in [0, 0.05) is 11.1 Å². The van der Waals surface area contributed by atoms with Crippen LogP contribution in [0.15, 0.2) is 24.3 Å². The maximum Gasteiger partial charge on any atom is 0.186 e. The van der Waals surface area contributed by atoms with Gasteiger partial charge in [0.05, 0.1) is 0 Å². The molecule has 1 aliphatic carbocycles. The summed E-state index contributed by atoms with van der Waals surface area (Å²) in [5, 5.41) is 0. The predicted octanol–water partition coefficient (Wildman–Crippen LogP) is 10.5. The molecule has 0 saturated carbocycles. The van der Waals surface area contributed by atoms with Crippen LogP contribution in [0.3, 0.4) is 0 Å². The lowest BCUT2D eigenvalue weighted by molar-refractivity contribution is 0.0994. The van der Waals surface area contributed by atoms with Gasteiger partial charge in [0.1, 0.15) is 0 Å². The van der Waals surface area contributed by atoms with Gasteiger partial charge in [0.25, 0.3) is 0 Å². The number of allylic oxidation sites excluding steroid dienone is 2. The third kappa shape index (κ3) is 12.0. The van der Waals surface area contributed by atoms with Crippen LogP contribution in [0.2, 0.25) is 0 Å². The minimum Gasteiger partial charge on any atom is -0.289 e. The largest absolute Gasteiger partial charge is 0.289 e. The summed E-state index contributed by atoms with van der Waals surface area (Å²) in [5.41, 5.74) is 3.86. The van der Waals surface area contributed by atoms with Crippen LogP contribution >= 0.6 is 0 Å². The van der Waals surface area contributed by atoms with Gasteiger partial charge in [0.2, 0.25) is 0 Å². The molecular weight excluding hydrogens is 440 g/mol. The second-order valence-corrected chi connectivity index (χ2v) is 11.1. The number of fused-ring (bicyclic) bond motifs is 1. The van der Waals surface area contributed by atoms with Crippen molar-refractivity contribution in [3.63, 3.8) is 0 Å². The summed E-state index contributed by atoms with van der Waals surface area (Å²) < 4.78 is 0.